The van der Waals surface area contributed by atoms with E-state index in [1.54, 1.807) is 0 Å². The maximum absolute atomic E-state index is 5.55. The molecule has 0 atom stereocenters. The summed E-state index contributed by atoms with van der Waals surface area (Å²) < 4.78 is 5.29. The normalized spacial score (nSPS) is 17.7. The van der Waals surface area contributed by atoms with Crippen LogP contribution in [0.4, 0.5) is 0 Å². The average Bonchev–Trinajstić information content (AvgIpc) is 1.95. The van der Waals surface area contributed by atoms with E-state index in [9.17, 15) is 0 Å². The van der Waals surface area contributed by atoms with Crippen LogP contribution < -0.4 is 5.73 Å². The second kappa shape index (κ2) is 3.30. The van der Waals surface area contributed by atoms with E-state index in [1.807, 2.05) is 19.1 Å². The zero-order chi connectivity index (χ0) is 7.40. The van der Waals surface area contributed by atoms with Gasteiger partial charge in [0.05, 0.1) is 12.4 Å². The molecule has 0 aromatic rings. The molecule has 0 unspecified atom stereocenters. The van der Waals surface area contributed by atoms with Gasteiger partial charge in [-0.25, -0.2) is 0 Å². The molecule has 0 spiro atoms. The maximum Gasteiger partial charge on any atom is 0.0964 e. The van der Waals surface area contributed by atoms with Crippen LogP contribution in [0.1, 0.15) is 19.8 Å². The van der Waals surface area contributed by atoms with Gasteiger partial charge in [0, 0.05) is 12.1 Å². The van der Waals surface area contributed by atoms with Crippen molar-refractivity contribution in [3.63, 3.8) is 0 Å². The minimum atomic E-state index is 0.750. The van der Waals surface area contributed by atoms with Gasteiger partial charge in [0.15, 0.2) is 0 Å². The van der Waals surface area contributed by atoms with Crippen LogP contribution in [0.15, 0.2) is 23.6 Å². The van der Waals surface area contributed by atoms with Gasteiger partial charge in [-0.2, -0.15) is 0 Å². The smallest absolute Gasteiger partial charge is 0.0964 e. The summed E-state index contributed by atoms with van der Waals surface area (Å²) >= 11 is 0. The maximum atomic E-state index is 5.55. The van der Waals surface area contributed by atoms with Crippen LogP contribution in [0.2, 0.25) is 0 Å². The second-order valence-electron chi connectivity index (χ2n) is 2.31. The molecule has 0 radical (unpaired) electrons. The summed E-state index contributed by atoms with van der Waals surface area (Å²) in [6.07, 6.45) is 5.75. The monoisotopic (exact) mass is 139 g/mol. The fourth-order valence-electron chi connectivity index (χ4n) is 0.940. The fourth-order valence-corrected chi connectivity index (χ4v) is 0.940. The SMILES string of the molecule is CCOC1=CC=C(N)CC1. The molecule has 10 heavy (non-hydrogen) atoms. The molecule has 2 N–H and O–H groups in total. The van der Waals surface area contributed by atoms with E-state index in [0.29, 0.717) is 0 Å². The molecule has 0 bridgehead atoms. The Morgan fingerprint density at radius 2 is 2.30 bits per heavy atom. The molecule has 0 heterocycles. The lowest BCUT2D eigenvalue weighted by molar-refractivity contribution is 0.217. The van der Waals surface area contributed by atoms with Gasteiger partial charge in [-0.05, 0) is 25.5 Å². The Morgan fingerprint density at radius 1 is 1.50 bits per heavy atom. The van der Waals surface area contributed by atoms with Gasteiger partial charge < -0.3 is 10.5 Å². The predicted molar refractivity (Wildman–Crippen MR) is 41.2 cm³/mol. The summed E-state index contributed by atoms with van der Waals surface area (Å²) in [5.41, 5.74) is 6.50. The Labute approximate surface area is 61.4 Å². The molecule has 0 saturated heterocycles. The molecule has 0 aromatic carbocycles. The Kier molecular flexibility index (Phi) is 2.37. The summed E-state index contributed by atoms with van der Waals surface area (Å²) in [5, 5.41) is 0. The Hall–Kier alpha value is -0.920. The molecule has 1 rings (SSSR count). The molecule has 1 aliphatic rings. The van der Waals surface area contributed by atoms with Crippen LogP contribution in [0.5, 0.6) is 0 Å². The highest BCUT2D eigenvalue weighted by molar-refractivity contribution is 5.18. The first-order valence-corrected chi connectivity index (χ1v) is 3.61. The standard InChI is InChI=1S/C8H13NO/c1-2-10-8-5-3-7(9)4-6-8/h3,5H,2,4,6,9H2,1H3. The Bertz CT molecular complexity index is 166. The third-order valence-corrected chi connectivity index (χ3v) is 1.47. The topological polar surface area (TPSA) is 35.2 Å². The molecule has 0 fully saturated rings. The molecule has 56 valence electrons. The zero-order valence-electron chi connectivity index (χ0n) is 6.26. The van der Waals surface area contributed by atoms with Crippen molar-refractivity contribution in [3.8, 4) is 0 Å². The molecule has 1 aliphatic carbocycles. The van der Waals surface area contributed by atoms with Crippen molar-refractivity contribution in [1.82, 2.24) is 0 Å². The molecular weight excluding hydrogens is 126 g/mol. The van der Waals surface area contributed by atoms with Crippen molar-refractivity contribution in [2.24, 2.45) is 5.73 Å². The van der Waals surface area contributed by atoms with Gasteiger partial charge in [0.2, 0.25) is 0 Å². The molecule has 0 aromatic heterocycles. The molecule has 0 saturated carbocycles. The summed E-state index contributed by atoms with van der Waals surface area (Å²) in [7, 11) is 0. The van der Waals surface area contributed by atoms with Crippen LogP contribution in [-0.2, 0) is 4.74 Å². The number of rotatable bonds is 2. The van der Waals surface area contributed by atoms with E-state index in [0.717, 1.165) is 30.9 Å². The van der Waals surface area contributed by atoms with Gasteiger partial charge in [-0.1, -0.05) is 0 Å². The van der Waals surface area contributed by atoms with Gasteiger partial charge in [0.1, 0.15) is 0 Å². The number of hydrogen-bond donors (Lipinski definition) is 1. The lowest BCUT2D eigenvalue weighted by atomic mass is 10.1. The molecular formula is C8H13NO. The first-order valence-electron chi connectivity index (χ1n) is 3.61. The highest BCUT2D eigenvalue weighted by Crippen LogP contribution is 2.15. The number of nitrogens with two attached hydrogens (primary N) is 1. The van der Waals surface area contributed by atoms with Gasteiger partial charge in [-0.15, -0.1) is 0 Å². The summed E-state index contributed by atoms with van der Waals surface area (Å²) in [4.78, 5) is 0. The van der Waals surface area contributed by atoms with Crippen LogP contribution in [0.25, 0.3) is 0 Å². The predicted octanol–water partition coefficient (Wildman–Crippen LogP) is 1.54. The average molecular weight is 139 g/mol. The minimum Gasteiger partial charge on any atom is -0.498 e. The Morgan fingerprint density at radius 3 is 2.80 bits per heavy atom. The van der Waals surface area contributed by atoms with Crippen molar-refractivity contribution >= 4 is 0 Å². The van der Waals surface area contributed by atoms with E-state index in [-0.39, 0.29) is 0 Å². The molecule has 0 amide bonds. The quantitative estimate of drug-likeness (QED) is 0.629. The van der Waals surface area contributed by atoms with Gasteiger partial charge >= 0.3 is 0 Å². The zero-order valence-corrected chi connectivity index (χ0v) is 6.26. The first-order chi connectivity index (χ1) is 4.83. The Balaban J connectivity index is 2.47. The lowest BCUT2D eigenvalue weighted by Crippen LogP contribution is -2.03. The van der Waals surface area contributed by atoms with E-state index in [2.05, 4.69) is 0 Å². The van der Waals surface area contributed by atoms with Crippen molar-refractivity contribution < 1.29 is 4.74 Å². The van der Waals surface area contributed by atoms with Crippen LogP contribution in [0, 0.1) is 0 Å². The number of hydrogen-bond acceptors (Lipinski definition) is 2. The summed E-state index contributed by atoms with van der Waals surface area (Å²) in [6, 6.07) is 0. The molecule has 0 aliphatic heterocycles. The van der Waals surface area contributed by atoms with E-state index >= 15 is 0 Å². The first kappa shape index (κ1) is 7.19. The van der Waals surface area contributed by atoms with Crippen molar-refractivity contribution in [2.75, 3.05) is 6.61 Å². The third-order valence-electron chi connectivity index (χ3n) is 1.47. The van der Waals surface area contributed by atoms with E-state index in [1.165, 1.54) is 0 Å². The minimum absolute atomic E-state index is 0.750. The third kappa shape index (κ3) is 1.79. The summed E-state index contributed by atoms with van der Waals surface area (Å²) in [5.74, 6) is 1.05. The largest absolute Gasteiger partial charge is 0.498 e. The van der Waals surface area contributed by atoms with Crippen molar-refractivity contribution in [2.45, 2.75) is 19.8 Å². The van der Waals surface area contributed by atoms with Gasteiger partial charge in [0.25, 0.3) is 0 Å². The van der Waals surface area contributed by atoms with E-state index < -0.39 is 0 Å². The second-order valence-corrected chi connectivity index (χ2v) is 2.31. The molecule has 2 heteroatoms. The lowest BCUT2D eigenvalue weighted by Gasteiger charge is -2.11. The highest BCUT2D eigenvalue weighted by Gasteiger charge is 2.02. The van der Waals surface area contributed by atoms with Crippen LogP contribution in [0.3, 0.4) is 0 Å². The molecule has 2 nitrogen and oxygen atoms in total. The van der Waals surface area contributed by atoms with E-state index in [4.69, 9.17) is 10.5 Å². The number of ether oxygens (including phenoxy) is 1. The fraction of sp³-hybridized carbons (Fsp3) is 0.500. The number of allylic oxidation sites excluding steroid dienone is 4. The van der Waals surface area contributed by atoms with Crippen molar-refractivity contribution in [3.05, 3.63) is 23.6 Å². The van der Waals surface area contributed by atoms with Crippen LogP contribution in [-0.4, -0.2) is 6.61 Å². The van der Waals surface area contributed by atoms with Crippen molar-refractivity contribution in [1.29, 1.82) is 0 Å². The van der Waals surface area contributed by atoms with Crippen LogP contribution >= 0.6 is 0 Å². The van der Waals surface area contributed by atoms with Gasteiger partial charge in [-0.3, -0.25) is 0 Å². The summed E-state index contributed by atoms with van der Waals surface area (Å²) in [6.45, 7) is 2.74. The highest BCUT2D eigenvalue weighted by atomic mass is 16.5.